The summed E-state index contributed by atoms with van der Waals surface area (Å²) in [5.74, 6) is 0.0506. The number of Topliss-reactive ketones (excluding diaryl/α,β-unsaturated/α-hetero) is 1. The van der Waals surface area contributed by atoms with Gasteiger partial charge < -0.3 is 15.0 Å². The van der Waals surface area contributed by atoms with E-state index in [-0.39, 0.29) is 17.6 Å². The zero-order valence-electron chi connectivity index (χ0n) is 14.3. The van der Waals surface area contributed by atoms with Crippen LogP contribution in [0.15, 0.2) is 0 Å². The molecule has 1 N–H and O–H groups in total. The molecule has 2 amide bonds. The molecule has 0 unspecified atom stereocenters. The van der Waals surface area contributed by atoms with E-state index in [1.165, 1.54) is 0 Å². The van der Waals surface area contributed by atoms with Gasteiger partial charge in [0.2, 0.25) is 5.91 Å². The molecular formula is C16H28N2O4. The number of carbonyl (C=O) groups is 3. The number of nitrogens with zero attached hydrogens (tertiary/aromatic N) is 1. The SMILES string of the molecule is CC[C@H](C)[C@H](NC(=O)OC(C)(C)C)C(=O)N1CCC(=O)CC1. The molecule has 1 heterocycles. The van der Waals surface area contributed by atoms with Gasteiger partial charge in [-0.15, -0.1) is 0 Å². The van der Waals surface area contributed by atoms with Gasteiger partial charge in [0, 0.05) is 25.9 Å². The molecule has 0 aromatic rings. The Kier molecular flexibility index (Phi) is 6.38. The van der Waals surface area contributed by atoms with Crippen molar-refractivity contribution < 1.29 is 19.1 Å². The van der Waals surface area contributed by atoms with E-state index in [1.807, 2.05) is 13.8 Å². The molecule has 1 aliphatic heterocycles. The Morgan fingerprint density at radius 1 is 1.27 bits per heavy atom. The van der Waals surface area contributed by atoms with Crippen LogP contribution in [0.1, 0.15) is 53.9 Å². The molecule has 126 valence electrons. The van der Waals surface area contributed by atoms with Crippen molar-refractivity contribution in [1.29, 1.82) is 0 Å². The van der Waals surface area contributed by atoms with Gasteiger partial charge in [-0.3, -0.25) is 9.59 Å². The van der Waals surface area contributed by atoms with E-state index in [9.17, 15) is 14.4 Å². The van der Waals surface area contributed by atoms with Crippen LogP contribution in [-0.4, -0.2) is 47.4 Å². The number of carbonyl (C=O) groups excluding carboxylic acids is 3. The van der Waals surface area contributed by atoms with Crippen LogP contribution in [0.2, 0.25) is 0 Å². The summed E-state index contributed by atoms with van der Waals surface area (Å²) in [7, 11) is 0. The zero-order valence-corrected chi connectivity index (χ0v) is 14.3. The predicted octanol–water partition coefficient (Wildman–Crippen LogP) is 2.12. The molecule has 0 aromatic heterocycles. The summed E-state index contributed by atoms with van der Waals surface area (Å²) in [4.78, 5) is 37.6. The van der Waals surface area contributed by atoms with Gasteiger partial charge in [0.1, 0.15) is 17.4 Å². The Morgan fingerprint density at radius 3 is 2.27 bits per heavy atom. The molecule has 0 spiro atoms. The predicted molar refractivity (Wildman–Crippen MR) is 83.4 cm³/mol. The first-order valence-electron chi connectivity index (χ1n) is 7.94. The second kappa shape index (κ2) is 7.61. The van der Waals surface area contributed by atoms with E-state index < -0.39 is 17.7 Å². The second-order valence-electron chi connectivity index (χ2n) is 6.87. The molecule has 1 saturated heterocycles. The number of ether oxygens (including phenoxy) is 1. The minimum Gasteiger partial charge on any atom is -0.444 e. The Labute approximate surface area is 132 Å². The van der Waals surface area contributed by atoms with Crippen molar-refractivity contribution in [3.05, 3.63) is 0 Å². The van der Waals surface area contributed by atoms with E-state index in [1.54, 1.807) is 25.7 Å². The van der Waals surface area contributed by atoms with Crippen LogP contribution in [0.4, 0.5) is 4.79 Å². The van der Waals surface area contributed by atoms with Crippen LogP contribution in [0, 0.1) is 5.92 Å². The van der Waals surface area contributed by atoms with Crippen LogP contribution in [0.25, 0.3) is 0 Å². The summed E-state index contributed by atoms with van der Waals surface area (Å²) in [6, 6.07) is -0.618. The third kappa shape index (κ3) is 5.66. The third-order valence-electron chi connectivity index (χ3n) is 3.78. The van der Waals surface area contributed by atoms with Crippen molar-refractivity contribution in [2.75, 3.05) is 13.1 Å². The second-order valence-corrected chi connectivity index (χ2v) is 6.87. The first-order valence-corrected chi connectivity index (χ1v) is 7.94. The fraction of sp³-hybridized carbons (Fsp3) is 0.812. The molecule has 0 saturated carbocycles. The van der Waals surface area contributed by atoms with Crippen molar-refractivity contribution >= 4 is 17.8 Å². The minimum absolute atomic E-state index is 0.00218. The van der Waals surface area contributed by atoms with Crippen LogP contribution < -0.4 is 5.32 Å². The lowest BCUT2D eigenvalue weighted by molar-refractivity contribution is -0.137. The molecule has 2 atom stereocenters. The minimum atomic E-state index is -0.618. The van der Waals surface area contributed by atoms with E-state index in [0.717, 1.165) is 6.42 Å². The van der Waals surface area contributed by atoms with Gasteiger partial charge >= 0.3 is 6.09 Å². The number of ketones is 1. The molecule has 0 aromatic carbocycles. The number of hydrogen-bond acceptors (Lipinski definition) is 4. The maximum Gasteiger partial charge on any atom is 0.408 e. The van der Waals surface area contributed by atoms with E-state index in [4.69, 9.17) is 4.74 Å². The highest BCUT2D eigenvalue weighted by atomic mass is 16.6. The lowest BCUT2D eigenvalue weighted by atomic mass is 9.97. The molecule has 0 aliphatic carbocycles. The monoisotopic (exact) mass is 312 g/mol. The number of hydrogen-bond donors (Lipinski definition) is 1. The summed E-state index contributed by atoms with van der Waals surface area (Å²) < 4.78 is 5.24. The normalized spacial score (nSPS) is 18.6. The van der Waals surface area contributed by atoms with Crippen LogP contribution in [0.3, 0.4) is 0 Å². The van der Waals surface area contributed by atoms with Gasteiger partial charge in [-0.2, -0.15) is 0 Å². The average Bonchev–Trinajstić information content (AvgIpc) is 2.42. The van der Waals surface area contributed by atoms with Crippen molar-refractivity contribution in [2.24, 2.45) is 5.92 Å². The quantitative estimate of drug-likeness (QED) is 0.862. The van der Waals surface area contributed by atoms with Crippen molar-refractivity contribution in [1.82, 2.24) is 10.2 Å². The molecule has 0 radical (unpaired) electrons. The van der Waals surface area contributed by atoms with E-state index in [0.29, 0.717) is 25.9 Å². The maximum atomic E-state index is 12.7. The highest BCUT2D eigenvalue weighted by Crippen LogP contribution is 2.15. The lowest BCUT2D eigenvalue weighted by Gasteiger charge is -2.33. The smallest absolute Gasteiger partial charge is 0.408 e. The first kappa shape index (κ1) is 18.5. The summed E-state index contributed by atoms with van der Waals surface area (Å²) in [6.45, 7) is 10.1. The van der Waals surface area contributed by atoms with E-state index in [2.05, 4.69) is 5.32 Å². The maximum absolute atomic E-state index is 12.7. The van der Waals surface area contributed by atoms with Crippen molar-refractivity contribution in [3.63, 3.8) is 0 Å². The fourth-order valence-electron chi connectivity index (χ4n) is 2.29. The summed E-state index contributed by atoms with van der Waals surface area (Å²) in [5, 5.41) is 2.70. The Bertz CT molecular complexity index is 418. The standard InChI is InChI=1S/C16H28N2O4/c1-6-11(2)13(17-15(21)22-16(3,4)5)14(20)18-9-7-12(19)8-10-18/h11,13H,6-10H2,1-5H3,(H,17,21)/t11-,13-/m0/s1. The van der Waals surface area contributed by atoms with Crippen LogP contribution in [-0.2, 0) is 14.3 Å². The van der Waals surface area contributed by atoms with Gasteiger partial charge in [0.15, 0.2) is 0 Å². The van der Waals surface area contributed by atoms with Gasteiger partial charge in [-0.05, 0) is 26.7 Å². The number of rotatable bonds is 4. The largest absolute Gasteiger partial charge is 0.444 e. The number of nitrogens with one attached hydrogen (secondary N) is 1. The molecule has 0 bridgehead atoms. The number of alkyl carbamates (subject to hydrolysis) is 1. The number of amides is 2. The first-order chi connectivity index (χ1) is 10.1. The molecular weight excluding hydrogens is 284 g/mol. The molecule has 1 fully saturated rings. The van der Waals surface area contributed by atoms with E-state index >= 15 is 0 Å². The number of likely N-dealkylation sites (tertiary alicyclic amines) is 1. The number of piperidine rings is 1. The topological polar surface area (TPSA) is 75.7 Å². The van der Waals surface area contributed by atoms with Gasteiger partial charge in [0.25, 0.3) is 0 Å². The van der Waals surface area contributed by atoms with Crippen molar-refractivity contribution in [3.8, 4) is 0 Å². The van der Waals surface area contributed by atoms with Gasteiger partial charge in [-0.25, -0.2) is 4.79 Å². The van der Waals surface area contributed by atoms with Crippen molar-refractivity contribution in [2.45, 2.75) is 65.5 Å². The van der Waals surface area contributed by atoms with Gasteiger partial charge in [0.05, 0.1) is 0 Å². The Balaban J connectivity index is 2.73. The highest BCUT2D eigenvalue weighted by Gasteiger charge is 2.32. The van der Waals surface area contributed by atoms with Crippen LogP contribution in [0.5, 0.6) is 0 Å². The third-order valence-corrected chi connectivity index (χ3v) is 3.78. The summed E-state index contributed by atoms with van der Waals surface area (Å²) >= 11 is 0. The lowest BCUT2D eigenvalue weighted by Crippen LogP contribution is -2.54. The molecule has 22 heavy (non-hydrogen) atoms. The fourth-order valence-corrected chi connectivity index (χ4v) is 2.29. The Hall–Kier alpha value is -1.59. The zero-order chi connectivity index (χ0) is 16.9. The molecule has 6 nitrogen and oxygen atoms in total. The average molecular weight is 312 g/mol. The van der Waals surface area contributed by atoms with Crippen LogP contribution >= 0.6 is 0 Å². The highest BCUT2D eigenvalue weighted by molar-refractivity contribution is 5.88. The molecule has 1 rings (SSSR count). The summed E-state index contributed by atoms with van der Waals surface area (Å²) in [6.07, 6.45) is 0.967. The van der Waals surface area contributed by atoms with Gasteiger partial charge in [-0.1, -0.05) is 20.3 Å². The molecule has 6 heteroatoms. The molecule has 1 aliphatic rings. The summed E-state index contributed by atoms with van der Waals surface area (Å²) in [5.41, 5.74) is -0.606. The Morgan fingerprint density at radius 2 is 1.82 bits per heavy atom.